The summed E-state index contributed by atoms with van der Waals surface area (Å²) in [7, 11) is -2.16. The van der Waals surface area contributed by atoms with Crippen LogP contribution in [0, 0.1) is 5.82 Å². The lowest BCUT2D eigenvalue weighted by atomic mass is 10.1. The number of rotatable bonds is 9. The number of methoxy groups -OCH3 is 1. The first-order valence-electron chi connectivity index (χ1n) is 10.9. The van der Waals surface area contributed by atoms with E-state index >= 15 is 0 Å². The highest BCUT2D eigenvalue weighted by Gasteiger charge is 2.19. The maximum atomic E-state index is 13.1. The molecule has 2 aromatic carbocycles. The lowest BCUT2D eigenvalue weighted by Crippen LogP contribution is -2.29. The van der Waals surface area contributed by atoms with Gasteiger partial charge in [0.05, 0.1) is 17.7 Å². The van der Waals surface area contributed by atoms with E-state index in [0.717, 1.165) is 23.4 Å². The zero-order chi connectivity index (χ0) is 25.1. The Labute approximate surface area is 205 Å². The summed E-state index contributed by atoms with van der Waals surface area (Å²) in [6.07, 6.45) is 4.89. The average Bonchev–Trinajstić information content (AvgIpc) is 3.49. The number of sulfonamides is 1. The summed E-state index contributed by atoms with van der Waals surface area (Å²) in [5, 5.41) is 3.02. The van der Waals surface area contributed by atoms with Crippen molar-refractivity contribution in [1.29, 1.82) is 0 Å². The second-order valence-corrected chi connectivity index (χ2v) is 9.40. The van der Waals surface area contributed by atoms with Gasteiger partial charge in [-0.25, -0.2) is 27.5 Å². The molecule has 0 aliphatic heterocycles. The van der Waals surface area contributed by atoms with Crippen molar-refractivity contribution in [3.05, 3.63) is 79.1 Å². The van der Waals surface area contributed by atoms with Gasteiger partial charge in [-0.15, -0.1) is 0 Å². The van der Waals surface area contributed by atoms with Crippen molar-refractivity contribution in [2.75, 3.05) is 25.5 Å². The molecule has 3 aromatic heterocycles. The van der Waals surface area contributed by atoms with Crippen molar-refractivity contribution in [3.8, 4) is 28.4 Å². The van der Waals surface area contributed by atoms with E-state index in [9.17, 15) is 12.8 Å². The highest BCUT2D eigenvalue weighted by molar-refractivity contribution is 7.89. The Morgan fingerprint density at radius 3 is 2.56 bits per heavy atom. The predicted molar refractivity (Wildman–Crippen MR) is 131 cm³/mol. The summed E-state index contributed by atoms with van der Waals surface area (Å²) in [6, 6.07) is 13.9. The minimum absolute atomic E-state index is 0.0157. The normalized spacial score (nSPS) is 11.6. The van der Waals surface area contributed by atoms with Gasteiger partial charge in [-0.2, -0.15) is 4.98 Å². The second-order valence-electron chi connectivity index (χ2n) is 7.64. The van der Waals surface area contributed by atoms with Crippen LogP contribution in [0.3, 0.4) is 0 Å². The van der Waals surface area contributed by atoms with Gasteiger partial charge in [-0.3, -0.25) is 4.40 Å². The standard InChI is InChI=1S/C24H21FN6O4S/c1-34-18-6-2-16(3-7-18)21-22(31-14-15-35-24(31)30-21)20-10-11-26-23(29-20)27-12-13-28-36(32,33)19-8-4-17(25)5-9-19/h2-11,14-15,28H,12-13H2,1H3,(H,26,27,29). The Balaban J connectivity index is 1.34. The number of hydrogen-bond acceptors (Lipinski definition) is 8. The molecule has 0 amide bonds. The fourth-order valence-electron chi connectivity index (χ4n) is 3.61. The molecule has 5 rings (SSSR count). The van der Waals surface area contributed by atoms with Gasteiger partial charge >= 0.3 is 5.84 Å². The fraction of sp³-hybridized carbons (Fsp3) is 0.125. The lowest BCUT2D eigenvalue weighted by molar-refractivity contribution is 0.415. The van der Waals surface area contributed by atoms with Gasteiger partial charge in [-0.1, -0.05) is 0 Å². The molecular weight excluding hydrogens is 487 g/mol. The highest BCUT2D eigenvalue weighted by atomic mass is 32.2. The number of ether oxygens (including phenoxy) is 1. The van der Waals surface area contributed by atoms with Crippen LogP contribution in [0.1, 0.15) is 0 Å². The Morgan fingerprint density at radius 2 is 1.81 bits per heavy atom. The summed E-state index contributed by atoms with van der Waals surface area (Å²) in [5.41, 5.74) is 2.84. The molecule has 0 unspecified atom stereocenters. The van der Waals surface area contributed by atoms with E-state index in [1.165, 1.54) is 18.4 Å². The topological polar surface area (TPSA) is 124 Å². The summed E-state index contributed by atoms with van der Waals surface area (Å²) >= 11 is 0. The summed E-state index contributed by atoms with van der Waals surface area (Å²) in [6.45, 7) is 0.297. The molecule has 0 aliphatic carbocycles. The number of hydrogen-bond donors (Lipinski definition) is 2. The molecule has 0 spiro atoms. The minimum atomic E-state index is -3.76. The fourth-order valence-corrected chi connectivity index (χ4v) is 4.65. The van der Waals surface area contributed by atoms with Crippen LogP contribution in [0.4, 0.5) is 10.3 Å². The number of oxazole rings is 1. The third-order valence-electron chi connectivity index (χ3n) is 5.35. The molecule has 0 bridgehead atoms. The molecule has 0 saturated heterocycles. The number of imidazole rings is 1. The second kappa shape index (κ2) is 9.76. The SMILES string of the molecule is COc1ccc(-c2nc3occn3c2-c2ccnc(NCCNS(=O)(=O)c3ccc(F)cc3)n2)cc1. The molecule has 3 heterocycles. The van der Waals surface area contributed by atoms with E-state index in [-0.39, 0.29) is 18.0 Å². The molecule has 0 atom stereocenters. The number of halogens is 1. The highest BCUT2D eigenvalue weighted by Crippen LogP contribution is 2.33. The molecule has 36 heavy (non-hydrogen) atoms. The van der Waals surface area contributed by atoms with Crippen LogP contribution in [0.25, 0.3) is 28.5 Å². The van der Waals surface area contributed by atoms with Gasteiger partial charge in [0, 0.05) is 31.0 Å². The minimum Gasteiger partial charge on any atom is -0.497 e. The third-order valence-corrected chi connectivity index (χ3v) is 6.82. The number of fused-ring (bicyclic) bond motifs is 1. The average molecular weight is 509 g/mol. The van der Waals surface area contributed by atoms with Crippen molar-refractivity contribution in [3.63, 3.8) is 0 Å². The maximum Gasteiger partial charge on any atom is 0.306 e. The quantitative estimate of drug-likeness (QED) is 0.290. The van der Waals surface area contributed by atoms with Crippen LogP contribution in [0.2, 0.25) is 0 Å². The van der Waals surface area contributed by atoms with Crippen molar-refractivity contribution in [2.45, 2.75) is 4.90 Å². The van der Waals surface area contributed by atoms with E-state index in [1.54, 1.807) is 30.0 Å². The Hall–Kier alpha value is -4.29. The largest absolute Gasteiger partial charge is 0.497 e. The zero-order valence-electron chi connectivity index (χ0n) is 19.1. The first-order valence-corrected chi connectivity index (χ1v) is 12.4. The van der Waals surface area contributed by atoms with Crippen molar-refractivity contribution in [2.24, 2.45) is 0 Å². The van der Waals surface area contributed by atoms with Gasteiger partial charge in [0.15, 0.2) is 0 Å². The molecule has 184 valence electrons. The van der Waals surface area contributed by atoms with E-state index < -0.39 is 15.8 Å². The van der Waals surface area contributed by atoms with E-state index in [2.05, 4.69) is 25.0 Å². The van der Waals surface area contributed by atoms with Crippen LogP contribution >= 0.6 is 0 Å². The third kappa shape index (κ3) is 4.76. The lowest BCUT2D eigenvalue weighted by Gasteiger charge is -2.09. The zero-order valence-corrected chi connectivity index (χ0v) is 19.9. The first kappa shape index (κ1) is 23.5. The summed E-state index contributed by atoms with van der Waals surface area (Å²) in [4.78, 5) is 13.4. The molecule has 10 nitrogen and oxygen atoms in total. The molecular formula is C24H21FN6O4S. The number of anilines is 1. The Morgan fingerprint density at radius 1 is 1.03 bits per heavy atom. The van der Waals surface area contributed by atoms with Gasteiger partial charge in [0.1, 0.15) is 29.2 Å². The van der Waals surface area contributed by atoms with Crippen molar-refractivity contribution < 1.29 is 22.0 Å². The van der Waals surface area contributed by atoms with Gasteiger partial charge in [0.25, 0.3) is 0 Å². The molecule has 12 heteroatoms. The van der Waals surface area contributed by atoms with Crippen LogP contribution in [-0.4, -0.2) is 48.0 Å². The predicted octanol–water partition coefficient (Wildman–Crippen LogP) is 3.59. The van der Waals surface area contributed by atoms with Gasteiger partial charge in [0.2, 0.25) is 16.0 Å². The maximum absolute atomic E-state index is 13.1. The van der Waals surface area contributed by atoms with Crippen LogP contribution in [-0.2, 0) is 10.0 Å². The number of aromatic nitrogens is 4. The number of nitrogens with zero attached hydrogens (tertiary/aromatic N) is 4. The molecule has 0 radical (unpaired) electrons. The van der Waals surface area contributed by atoms with E-state index in [0.29, 0.717) is 28.9 Å². The molecule has 0 aliphatic rings. The molecule has 0 fully saturated rings. The number of benzene rings is 2. The Bertz CT molecular complexity index is 1600. The van der Waals surface area contributed by atoms with Crippen molar-refractivity contribution in [1.82, 2.24) is 24.1 Å². The monoisotopic (exact) mass is 508 g/mol. The first-order chi connectivity index (χ1) is 17.4. The summed E-state index contributed by atoms with van der Waals surface area (Å²) < 4.78 is 52.8. The molecule has 2 N–H and O–H groups in total. The van der Waals surface area contributed by atoms with Crippen LogP contribution < -0.4 is 14.8 Å². The van der Waals surface area contributed by atoms with E-state index in [1.807, 2.05) is 24.3 Å². The smallest absolute Gasteiger partial charge is 0.306 e. The number of nitrogens with one attached hydrogen (secondary N) is 2. The molecule has 0 saturated carbocycles. The van der Waals surface area contributed by atoms with E-state index in [4.69, 9.17) is 9.15 Å². The summed E-state index contributed by atoms with van der Waals surface area (Å²) in [5.74, 6) is 0.951. The Kier molecular flexibility index (Phi) is 6.36. The van der Waals surface area contributed by atoms with Gasteiger partial charge in [-0.05, 0) is 54.6 Å². The van der Waals surface area contributed by atoms with Crippen molar-refractivity contribution >= 4 is 21.8 Å². The van der Waals surface area contributed by atoms with Gasteiger partial charge < -0.3 is 14.5 Å². The van der Waals surface area contributed by atoms with Crippen LogP contribution in [0.5, 0.6) is 5.75 Å². The molecule has 5 aromatic rings. The van der Waals surface area contributed by atoms with Crippen LogP contribution in [0.15, 0.2) is 82.6 Å².